The third-order valence-corrected chi connectivity index (χ3v) is 7.28. The molecule has 3 rings (SSSR count). The van der Waals surface area contributed by atoms with Crippen molar-refractivity contribution in [1.82, 2.24) is 4.31 Å². The number of carbonyl (C=O) groups excluding carboxylic acids is 1. The number of esters is 1. The SMILES string of the molecule is CCOC(=O)[C@H]1CC=C(C)[C@@H](COCc2ccccc2)N1S(=O)(=O)c1ccc(C)cc1. The molecule has 2 atom stereocenters. The normalized spacial score (nSPS) is 19.6. The van der Waals surface area contributed by atoms with Crippen LogP contribution >= 0.6 is 0 Å². The molecule has 31 heavy (non-hydrogen) atoms. The fraction of sp³-hybridized carbons (Fsp3) is 0.375. The minimum absolute atomic E-state index is 0.137. The fourth-order valence-corrected chi connectivity index (χ4v) is 5.42. The molecule has 0 fully saturated rings. The van der Waals surface area contributed by atoms with Crippen LogP contribution in [0.25, 0.3) is 0 Å². The summed E-state index contributed by atoms with van der Waals surface area (Å²) in [5.41, 5.74) is 2.80. The van der Waals surface area contributed by atoms with Crippen molar-refractivity contribution in [3.63, 3.8) is 0 Å². The summed E-state index contributed by atoms with van der Waals surface area (Å²) in [6.45, 7) is 6.15. The quantitative estimate of drug-likeness (QED) is 0.458. The van der Waals surface area contributed by atoms with Gasteiger partial charge < -0.3 is 9.47 Å². The van der Waals surface area contributed by atoms with E-state index in [4.69, 9.17) is 9.47 Å². The average molecular weight is 444 g/mol. The van der Waals surface area contributed by atoms with E-state index in [1.165, 1.54) is 4.31 Å². The molecule has 0 saturated heterocycles. The predicted molar refractivity (Wildman–Crippen MR) is 119 cm³/mol. The Morgan fingerprint density at radius 3 is 2.39 bits per heavy atom. The highest BCUT2D eigenvalue weighted by Gasteiger charge is 2.44. The standard InChI is InChI=1S/C24H29NO5S/c1-4-30-24(26)22-15-12-19(3)23(17-29-16-20-8-6-5-7-9-20)25(22)31(27,28)21-13-10-18(2)11-14-21/h5-14,22-23H,4,15-17H2,1-3H3/t22-,23-/m1/s1. The molecule has 7 heteroatoms. The van der Waals surface area contributed by atoms with Gasteiger partial charge in [-0.05, 0) is 44.9 Å². The number of benzene rings is 2. The lowest BCUT2D eigenvalue weighted by Crippen LogP contribution is -2.54. The smallest absolute Gasteiger partial charge is 0.324 e. The number of carbonyl (C=O) groups is 1. The largest absolute Gasteiger partial charge is 0.465 e. The predicted octanol–water partition coefficient (Wildman–Crippen LogP) is 3.85. The number of nitrogens with zero attached hydrogens (tertiary/aromatic N) is 1. The Labute approximate surface area is 184 Å². The summed E-state index contributed by atoms with van der Waals surface area (Å²) in [6, 6.07) is 14.8. The molecule has 0 bridgehead atoms. The summed E-state index contributed by atoms with van der Waals surface area (Å²) in [5.74, 6) is -0.546. The van der Waals surface area contributed by atoms with E-state index in [0.717, 1.165) is 16.7 Å². The van der Waals surface area contributed by atoms with Crippen LogP contribution in [-0.2, 0) is 30.9 Å². The summed E-state index contributed by atoms with van der Waals surface area (Å²) in [6.07, 6.45) is 2.17. The van der Waals surface area contributed by atoms with E-state index in [2.05, 4.69) is 0 Å². The van der Waals surface area contributed by atoms with Crippen molar-refractivity contribution in [2.24, 2.45) is 0 Å². The third kappa shape index (κ3) is 5.42. The zero-order chi connectivity index (χ0) is 22.4. The molecule has 0 amide bonds. The molecule has 1 aliphatic heterocycles. The monoisotopic (exact) mass is 443 g/mol. The summed E-state index contributed by atoms with van der Waals surface area (Å²) in [4.78, 5) is 12.8. The molecule has 0 radical (unpaired) electrons. The number of hydrogen-bond donors (Lipinski definition) is 0. The Morgan fingerprint density at radius 2 is 1.74 bits per heavy atom. The van der Waals surface area contributed by atoms with Gasteiger partial charge in [-0.2, -0.15) is 4.31 Å². The third-order valence-electron chi connectivity index (χ3n) is 5.35. The number of ether oxygens (including phenoxy) is 2. The van der Waals surface area contributed by atoms with Gasteiger partial charge in [0.2, 0.25) is 10.0 Å². The Kier molecular flexibility index (Phi) is 7.64. The van der Waals surface area contributed by atoms with Crippen molar-refractivity contribution in [2.75, 3.05) is 13.2 Å². The molecule has 1 heterocycles. The zero-order valence-electron chi connectivity index (χ0n) is 18.2. The van der Waals surface area contributed by atoms with Crippen molar-refractivity contribution >= 4 is 16.0 Å². The highest BCUT2D eigenvalue weighted by molar-refractivity contribution is 7.89. The minimum atomic E-state index is -3.96. The van der Waals surface area contributed by atoms with Crippen LogP contribution in [0.3, 0.4) is 0 Å². The second-order valence-electron chi connectivity index (χ2n) is 7.62. The van der Waals surface area contributed by atoms with Gasteiger partial charge in [0, 0.05) is 0 Å². The van der Waals surface area contributed by atoms with E-state index in [0.29, 0.717) is 6.61 Å². The van der Waals surface area contributed by atoms with Crippen molar-refractivity contribution in [3.8, 4) is 0 Å². The first-order valence-corrected chi connectivity index (χ1v) is 11.8. The first-order valence-electron chi connectivity index (χ1n) is 10.4. The van der Waals surface area contributed by atoms with Crippen LogP contribution in [-0.4, -0.2) is 44.0 Å². The number of sulfonamides is 1. The summed E-state index contributed by atoms with van der Waals surface area (Å²) in [5, 5.41) is 0. The van der Waals surface area contributed by atoms with Crippen LogP contribution < -0.4 is 0 Å². The first kappa shape index (κ1) is 23.2. The van der Waals surface area contributed by atoms with E-state index in [-0.39, 0.29) is 24.5 Å². The molecule has 166 valence electrons. The Balaban J connectivity index is 1.92. The molecule has 0 saturated carbocycles. The molecule has 0 unspecified atom stereocenters. The van der Waals surface area contributed by atoms with Crippen LogP contribution in [0, 0.1) is 6.92 Å². The van der Waals surface area contributed by atoms with Gasteiger partial charge in [0.25, 0.3) is 0 Å². The highest BCUT2D eigenvalue weighted by Crippen LogP contribution is 2.31. The molecule has 2 aromatic carbocycles. The lowest BCUT2D eigenvalue weighted by atomic mass is 9.99. The Morgan fingerprint density at radius 1 is 1.06 bits per heavy atom. The number of aryl methyl sites for hydroxylation is 1. The molecule has 6 nitrogen and oxygen atoms in total. The van der Waals surface area contributed by atoms with E-state index in [1.54, 1.807) is 31.2 Å². The van der Waals surface area contributed by atoms with E-state index < -0.39 is 28.1 Å². The van der Waals surface area contributed by atoms with Gasteiger partial charge in [0.05, 0.1) is 30.8 Å². The molecule has 2 aromatic rings. The molecule has 0 aliphatic carbocycles. The first-order chi connectivity index (χ1) is 14.8. The molecular weight excluding hydrogens is 414 g/mol. The molecule has 0 aromatic heterocycles. The number of rotatable bonds is 8. The maximum atomic E-state index is 13.6. The number of hydrogen-bond acceptors (Lipinski definition) is 5. The molecule has 1 aliphatic rings. The van der Waals surface area contributed by atoms with Gasteiger partial charge >= 0.3 is 5.97 Å². The zero-order valence-corrected chi connectivity index (χ0v) is 19.0. The fourth-order valence-electron chi connectivity index (χ4n) is 3.63. The van der Waals surface area contributed by atoms with E-state index in [1.807, 2.05) is 50.3 Å². The van der Waals surface area contributed by atoms with Gasteiger partial charge in [-0.15, -0.1) is 0 Å². The molecule has 0 spiro atoms. The summed E-state index contributed by atoms with van der Waals surface area (Å²) in [7, 11) is -3.96. The lowest BCUT2D eigenvalue weighted by molar-refractivity contribution is -0.148. The van der Waals surface area contributed by atoms with Crippen LogP contribution in [0.15, 0.2) is 71.1 Å². The maximum Gasteiger partial charge on any atom is 0.324 e. The summed E-state index contributed by atoms with van der Waals surface area (Å²) < 4.78 is 39.7. The minimum Gasteiger partial charge on any atom is -0.465 e. The molecular formula is C24H29NO5S. The van der Waals surface area contributed by atoms with Crippen LogP contribution in [0.1, 0.15) is 31.4 Å². The van der Waals surface area contributed by atoms with Gasteiger partial charge in [0.15, 0.2) is 0 Å². The van der Waals surface area contributed by atoms with E-state index >= 15 is 0 Å². The maximum absolute atomic E-state index is 13.6. The Hall–Kier alpha value is -2.48. The van der Waals surface area contributed by atoms with Crippen LogP contribution in [0.4, 0.5) is 0 Å². The average Bonchev–Trinajstić information content (AvgIpc) is 2.75. The van der Waals surface area contributed by atoms with E-state index in [9.17, 15) is 13.2 Å². The van der Waals surface area contributed by atoms with Crippen molar-refractivity contribution in [1.29, 1.82) is 0 Å². The van der Waals surface area contributed by atoms with Crippen molar-refractivity contribution < 1.29 is 22.7 Å². The van der Waals surface area contributed by atoms with Gasteiger partial charge in [-0.1, -0.05) is 59.7 Å². The lowest BCUT2D eigenvalue weighted by Gasteiger charge is -2.39. The topological polar surface area (TPSA) is 72.9 Å². The second kappa shape index (κ2) is 10.2. The Bertz CT molecular complexity index is 1020. The summed E-state index contributed by atoms with van der Waals surface area (Å²) >= 11 is 0. The van der Waals surface area contributed by atoms with Gasteiger partial charge in [-0.25, -0.2) is 8.42 Å². The van der Waals surface area contributed by atoms with Gasteiger partial charge in [0.1, 0.15) is 6.04 Å². The van der Waals surface area contributed by atoms with Crippen molar-refractivity contribution in [2.45, 2.75) is 50.8 Å². The second-order valence-corrected chi connectivity index (χ2v) is 9.46. The van der Waals surface area contributed by atoms with Gasteiger partial charge in [-0.3, -0.25) is 4.79 Å². The highest BCUT2D eigenvalue weighted by atomic mass is 32.2. The van der Waals surface area contributed by atoms with Crippen LogP contribution in [0.5, 0.6) is 0 Å². The van der Waals surface area contributed by atoms with Crippen molar-refractivity contribution in [3.05, 3.63) is 77.4 Å². The van der Waals surface area contributed by atoms with Crippen LogP contribution in [0.2, 0.25) is 0 Å². The molecule has 0 N–H and O–H groups in total.